The molecule has 2 aromatic carbocycles. The number of H-pyrrole nitrogens is 1. The molecule has 0 radical (unpaired) electrons. The standard InChI is InChI=1S/C28H31F4N5O2/c1-2-14-39-24-17-37(20-10-12-36(13-11-20)19-8-6-18(29)7-9-19)16-23(24)34-26(38)15-25-33-22-5-3-4-21(27(22)35-25)28(30,31)32/h2-9,20,23-24H,1,10-17H2,(H,33,35)(H,34,38)/t23?,24-/m0/s1. The number of anilines is 1. The molecule has 0 spiro atoms. The second-order valence-corrected chi connectivity index (χ2v) is 10.0. The molecule has 1 aromatic heterocycles. The van der Waals surface area contributed by atoms with E-state index < -0.39 is 11.7 Å². The number of ether oxygens (including phenoxy) is 1. The zero-order chi connectivity index (χ0) is 27.6. The maximum Gasteiger partial charge on any atom is 0.418 e. The van der Waals surface area contributed by atoms with E-state index in [0.717, 1.165) is 37.7 Å². The van der Waals surface area contributed by atoms with Crippen LogP contribution in [0, 0.1) is 5.82 Å². The molecule has 2 fully saturated rings. The molecule has 7 nitrogen and oxygen atoms in total. The van der Waals surface area contributed by atoms with E-state index in [1.54, 1.807) is 18.2 Å². The van der Waals surface area contributed by atoms with E-state index in [4.69, 9.17) is 4.74 Å². The first-order valence-electron chi connectivity index (χ1n) is 13.0. The van der Waals surface area contributed by atoms with Crippen molar-refractivity contribution in [3.8, 4) is 0 Å². The van der Waals surface area contributed by atoms with Crippen LogP contribution in [0.5, 0.6) is 0 Å². The quantitative estimate of drug-likeness (QED) is 0.326. The van der Waals surface area contributed by atoms with Crippen LogP contribution in [0.3, 0.4) is 0 Å². The Morgan fingerprint density at radius 3 is 2.59 bits per heavy atom. The summed E-state index contributed by atoms with van der Waals surface area (Å²) in [5.74, 6) is -0.422. The van der Waals surface area contributed by atoms with Gasteiger partial charge in [0.2, 0.25) is 5.91 Å². The van der Waals surface area contributed by atoms with Gasteiger partial charge in [0, 0.05) is 37.9 Å². The van der Waals surface area contributed by atoms with Gasteiger partial charge in [-0.25, -0.2) is 9.37 Å². The number of nitrogens with one attached hydrogen (secondary N) is 2. The lowest BCUT2D eigenvalue weighted by molar-refractivity contribution is -0.136. The summed E-state index contributed by atoms with van der Waals surface area (Å²) in [4.78, 5) is 24.4. The molecule has 3 aromatic rings. The molecule has 39 heavy (non-hydrogen) atoms. The van der Waals surface area contributed by atoms with Gasteiger partial charge in [-0.1, -0.05) is 12.1 Å². The van der Waals surface area contributed by atoms with Crippen molar-refractivity contribution >= 4 is 22.6 Å². The van der Waals surface area contributed by atoms with Gasteiger partial charge in [0.05, 0.1) is 36.3 Å². The molecule has 5 rings (SSSR count). The fourth-order valence-electron chi connectivity index (χ4n) is 5.55. The second kappa shape index (κ2) is 11.4. The minimum Gasteiger partial charge on any atom is -0.371 e. The first kappa shape index (κ1) is 27.1. The van der Waals surface area contributed by atoms with Gasteiger partial charge in [0.25, 0.3) is 0 Å². The molecule has 1 amide bonds. The molecule has 3 heterocycles. The molecule has 1 unspecified atom stereocenters. The van der Waals surface area contributed by atoms with E-state index >= 15 is 0 Å². The van der Waals surface area contributed by atoms with Gasteiger partial charge in [0.1, 0.15) is 17.2 Å². The van der Waals surface area contributed by atoms with Crippen molar-refractivity contribution < 1.29 is 27.1 Å². The monoisotopic (exact) mass is 545 g/mol. The molecule has 2 saturated heterocycles. The summed E-state index contributed by atoms with van der Waals surface area (Å²) in [5.41, 5.74) is 0.206. The van der Waals surface area contributed by atoms with Crippen molar-refractivity contribution in [2.24, 2.45) is 0 Å². The number of fused-ring (bicyclic) bond motifs is 1. The maximum absolute atomic E-state index is 13.3. The van der Waals surface area contributed by atoms with Crippen molar-refractivity contribution in [3.63, 3.8) is 0 Å². The SMILES string of the molecule is C=CCO[C@H]1CN(C2CCN(c3ccc(F)cc3)CC2)CC1NC(=O)Cc1nc2c(C(F)(F)F)cccc2[nH]1. The number of benzene rings is 2. The zero-order valence-corrected chi connectivity index (χ0v) is 21.4. The number of hydrogen-bond acceptors (Lipinski definition) is 5. The lowest BCUT2D eigenvalue weighted by atomic mass is 10.0. The number of aromatic amines is 1. The van der Waals surface area contributed by atoms with E-state index in [9.17, 15) is 22.4 Å². The highest BCUT2D eigenvalue weighted by atomic mass is 19.4. The van der Waals surface area contributed by atoms with Crippen LogP contribution >= 0.6 is 0 Å². The zero-order valence-electron chi connectivity index (χ0n) is 21.4. The molecule has 208 valence electrons. The fraction of sp³-hybridized carbons (Fsp3) is 0.429. The predicted octanol–water partition coefficient (Wildman–Crippen LogP) is 4.30. The minimum absolute atomic E-state index is 0.172. The first-order chi connectivity index (χ1) is 18.7. The Labute approximate surface area is 223 Å². The highest BCUT2D eigenvalue weighted by molar-refractivity contribution is 5.82. The summed E-state index contributed by atoms with van der Waals surface area (Å²) in [6.45, 7) is 7.00. The molecule has 2 atom stereocenters. The smallest absolute Gasteiger partial charge is 0.371 e. The van der Waals surface area contributed by atoms with Crippen LogP contribution in [0.2, 0.25) is 0 Å². The normalized spacial score (nSPS) is 21.0. The second-order valence-electron chi connectivity index (χ2n) is 10.0. The van der Waals surface area contributed by atoms with Crippen LogP contribution in [0.1, 0.15) is 24.2 Å². The predicted molar refractivity (Wildman–Crippen MR) is 140 cm³/mol. The summed E-state index contributed by atoms with van der Waals surface area (Å²) in [5, 5.41) is 3.02. The Bertz CT molecular complexity index is 1300. The Morgan fingerprint density at radius 2 is 1.90 bits per heavy atom. The van der Waals surface area contributed by atoms with Crippen LogP contribution in [0.4, 0.5) is 23.2 Å². The van der Waals surface area contributed by atoms with Crippen LogP contribution < -0.4 is 10.2 Å². The summed E-state index contributed by atoms with van der Waals surface area (Å²) < 4.78 is 59.3. The Morgan fingerprint density at radius 1 is 1.15 bits per heavy atom. The number of imidazole rings is 1. The van der Waals surface area contributed by atoms with Crippen molar-refractivity contribution in [2.45, 2.75) is 43.6 Å². The van der Waals surface area contributed by atoms with Gasteiger partial charge in [-0.2, -0.15) is 13.2 Å². The van der Waals surface area contributed by atoms with E-state index in [0.29, 0.717) is 25.7 Å². The number of likely N-dealkylation sites (tertiary alicyclic amines) is 1. The topological polar surface area (TPSA) is 73.5 Å². The number of piperidine rings is 1. The summed E-state index contributed by atoms with van der Waals surface area (Å²) in [6.07, 6.45) is -1.44. The minimum atomic E-state index is -4.54. The van der Waals surface area contributed by atoms with Crippen molar-refractivity contribution in [2.75, 3.05) is 37.7 Å². The van der Waals surface area contributed by atoms with Gasteiger partial charge >= 0.3 is 6.18 Å². The molecular weight excluding hydrogens is 514 g/mol. The molecular formula is C28H31F4N5O2. The van der Waals surface area contributed by atoms with E-state index in [-0.39, 0.29) is 47.1 Å². The average molecular weight is 546 g/mol. The summed E-state index contributed by atoms with van der Waals surface area (Å²) in [6, 6.07) is 10.4. The Hall–Kier alpha value is -3.44. The molecule has 11 heteroatoms. The van der Waals surface area contributed by atoms with Crippen molar-refractivity contribution in [1.82, 2.24) is 20.2 Å². The molecule has 2 aliphatic heterocycles. The lowest BCUT2D eigenvalue weighted by Crippen LogP contribution is -2.46. The van der Waals surface area contributed by atoms with Gasteiger partial charge in [-0.3, -0.25) is 9.69 Å². The number of para-hydroxylation sites is 1. The molecule has 0 bridgehead atoms. The largest absolute Gasteiger partial charge is 0.418 e. The molecule has 2 N–H and O–H groups in total. The average Bonchev–Trinajstić information content (AvgIpc) is 3.50. The first-order valence-corrected chi connectivity index (χ1v) is 13.0. The number of carbonyl (C=O) groups is 1. The molecule has 0 saturated carbocycles. The maximum atomic E-state index is 13.3. The Kier molecular flexibility index (Phi) is 7.90. The third-order valence-electron chi connectivity index (χ3n) is 7.44. The van der Waals surface area contributed by atoms with Crippen molar-refractivity contribution in [1.29, 1.82) is 0 Å². The third kappa shape index (κ3) is 6.25. The summed E-state index contributed by atoms with van der Waals surface area (Å²) in [7, 11) is 0. The van der Waals surface area contributed by atoms with Crippen molar-refractivity contribution in [3.05, 3.63) is 72.3 Å². The number of rotatable bonds is 8. The fourth-order valence-corrected chi connectivity index (χ4v) is 5.55. The van der Waals surface area contributed by atoms with Gasteiger partial charge in [0.15, 0.2) is 0 Å². The highest BCUT2D eigenvalue weighted by Crippen LogP contribution is 2.34. The third-order valence-corrected chi connectivity index (χ3v) is 7.44. The number of carbonyl (C=O) groups excluding carboxylic acids is 1. The number of alkyl halides is 3. The number of nitrogens with zero attached hydrogens (tertiary/aromatic N) is 3. The van der Waals surface area contributed by atoms with E-state index in [1.807, 2.05) is 0 Å². The van der Waals surface area contributed by atoms with Gasteiger partial charge in [-0.05, 0) is 49.2 Å². The van der Waals surface area contributed by atoms with Crippen LogP contribution in [-0.2, 0) is 22.1 Å². The van der Waals surface area contributed by atoms with Crippen LogP contribution in [0.15, 0.2) is 55.1 Å². The van der Waals surface area contributed by atoms with Crippen LogP contribution in [-0.4, -0.2) is 71.7 Å². The highest BCUT2D eigenvalue weighted by Gasteiger charge is 2.39. The molecule has 2 aliphatic rings. The van der Waals surface area contributed by atoms with Gasteiger partial charge in [-0.15, -0.1) is 6.58 Å². The summed E-state index contributed by atoms with van der Waals surface area (Å²) >= 11 is 0. The molecule has 0 aliphatic carbocycles. The van der Waals surface area contributed by atoms with E-state index in [1.165, 1.54) is 24.3 Å². The number of halogens is 4. The van der Waals surface area contributed by atoms with Gasteiger partial charge < -0.3 is 19.9 Å². The number of aromatic nitrogens is 2. The Balaban J connectivity index is 1.21. The van der Waals surface area contributed by atoms with E-state index in [2.05, 4.69) is 31.7 Å². The van der Waals surface area contributed by atoms with Crippen LogP contribution in [0.25, 0.3) is 11.0 Å². The number of hydrogen-bond donors (Lipinski definition) is 2. The lowest BCUT2D eigenvalue weighted by Gasteiger charge is -2.38. The number of amides is 1.